The molecule has 0 saturated heterocycles. The van der Waals surface area contributed by atoms with Gasteiger partial charge in [0.25, 0.3) is 5.91 Å². The minimum absolute atomic E-state index is 0.276. The van der Waals surface area contributed by atoms with Crippen LogP contribution in [0.4, 0.5) is 4.39 Å². The predicted octanol–water partition coefficient (Wildman–Crippen LogP) is 1.21. The second-order valence-corrected chi connectivity index (χ2v) is 3.82. The molecule has 0 spiro atoms. The summed E-state index contributed by atoms with van der Waals surface area (Å²) in [7, 11) is 1.62. The quantitative estimate of drug-likeness (QED) is 0.836. The van der Waals surface area contributed by atoms with Gasteiger partial charge in [0, 0.05) is 13.6 Å². The van der Waals surface area contributed by atoms with Crippen LogP contribution in [0.5, 0.6) is 0 Å². The largest absolute Gasteiger partial charge is 0.384 e. The molecule has 1 aromatic carbocycles. The van der Waals surface area contributed by atoms with Gasteiger partial charge in [0.2, 0.25) is 0 Å². The van der Waals surface area contributed by atoms with E-state index in [4.69, 9.17) is 5.11 Å². The molecule has 1 aromatic rings. The molecule has 0 aliphatic rings. The smallest absolute Gasteiger partial charge is 0.250 e. The van der Waals surface area contributed by atoms with Crippen LogP contribution in [0.3, 0.4) is 0 Å². The maximum Gasteiger partial charge on any atom is 0.250 e. The van der Waals surface area contributed by atoms with Gasteiger partial charge in [-0.3, -0.25) is 4.79 Å². The van der Waals surface area contributed by atoms with E-state index in [-0.39, 0.29) is 11.7 Å². The lowest BCUT2D eigenvalue weighted by Crippen LogP contribution is -2.35. The minimum Gasteiger partial charge on any atom is -0.384 e. The normalized spacial score (nSPS) is 12.2. The number of nitrogens with zero attached hydrogens (tertiary/aromatic N) is 1. The number of amides is 1. The van der Waals surface area contributed by atoms with Gasteiger partial charge in [-0.25, -0.2) is 4.39 Å². The van der Waals surface area contributed by atoms with E-state index >= 15 is 0 Å². The molecule has 0 heterocycles. The Labute approximate surface area is 94.5 Å². The summed E-state index contributed by atoms with van der Waals surface area (Å²) < 4.78 is 12.9. The van der Waals surface area contributed by atoms with Crippen LogP contribution in [0, 0.1) is 5.82 Å². The van der Waals surface area contributed by atoms with Crippen LogP contribution >= 0.6 is 0 Å². The zero-order chi connectivity index (χ0) is 12.1. The van der Waals surface area contributed by atoms with E-state index in [9.17, 15) is 9.18 Å². The first-order chi connectivity index (χ1) is 7.50. The monoisotopic (exact) mass is 225 g/mol. The van der Waals surface area contributed by atoms with Crippen molar-refractivity contribution in [2.75, 3.05) is 13.6 Å². The highest BCUT2D eigenvalue weighted by molar-refractivity contribution is 5.79. The lowest BCUT2D eigenvalue weighted by Gasteiger charge is -2.18. The zero-order valence-corrected chi connectivity index (χ0v) is 9.48. The fourth-order valence-corrected chi connectivity index (χ4v) is 1.42. The Kier molecular flexibility index (Phi) is 4.43. The average Bonchev–Trinajstić information content (AvgIpc) is 2.24. The molecule has 0 aromatic heterocycles. The van der Waals surface area contributed by atoms with Crippen LogP contribution in [-0.4, -0.2) is 35.6 Å². The third-order valence-electron chi connectivity index (χ3n) is 2.36. The molecule has 88 valence electrons. The molecule has 3 nitrogen and oxygen atoms in total. The maximum atomic E-state index is 12.9. The van der Waals surface area contributed by atoms with E-state index in [0.29, 0.717) is 13.0 Å². The van der Waals surface area contributed by atoms with E-state index in [0.717, 1.165) is 5.56 Å². The van der Waals surface area contributed by atoms with Crippen LogP contribution < -0.4 is 0 Å². The number of hydrogen-bond acceptors (Lipinski definition) is 2. The number of aliphatic hydroxyl groups is 1. The number of likely N-dealkylation sites (N-methyl/N-ethyl adjacent to an activating group) is 1. The summed E-state index contributed by atoms with van der Waals surface area (Å²) in [5, 5.41) is 9.08. The number of benzene rings is 1. The Morgan fingerprint density at radius 3 is 2.81 bits per heavy atom. The van der Waals surface area contributed by atoms with Crippen LogP contribution in [0.25, 0.3) is 0 Å². The molecule has 0 radical (unpaired) electrons. The summed E-state index contributed by atoms with van der Waals surface area (Å²) >= 11 is 0. The van der Waals surface area contributed by atoms with Crippen molar-refractivity contribution in [2.45, 2.75) is 19.4 Å². The molecule has 0 bridgehead atoms. The highest BCUT2D eigenvalue weighted by Crippen LogP contribution is 2.05. The van der Waals surface area contributed by atoms with E-state index < -0.39 is 6.10 Å². The molecular weight excluding hydrogens is 209 g/mol. The van der Waals surface area contributed by atoms with E-state index in [1.54, 1.807) is 13.1 Å². The Bertz CT molecular complexity index is 366. The van der Waals surface area contributed by atoms with Crippen molar-refractivity contribution in [1.29, 1.82) is 0 Å². The molecule has 0 aliphatic heterocycles. The minimum atomic E-state index is -0.988. The SMILES string of the molecule is CC(O)C(=O)N(C)CCc1cccc(F)c1. The van der Waals surface area contributed by atoms with Crippen LogP contribution in [0.1, 0.15) is 12.5 Å². The summed E-state index contributed by atoms with van der Waals surface area (Å²) in [5.74, 6) is -0.599. The average molecular weight is 225 g/mol. The summed E-state index contributed by atoms with van der Waals surface area (Å²) in [6.07, 6.45) is -0.412. The van der Waals surface area contributed by atoms with Gasteiger partial charge in [-0.05, 0) is 31.0 Å². The number of carbonyl (C=O) groups is 1. The summed E-state index contributed by atoms with van der Waals surface area (Å²) in [4.78, 5) is 12.8. The van der Waals surface area contributed by atoms with Crippen molar-refractivity contribution in [3.05, 3.63) is 35.6 Å². The molecule has 0 fully saturated rings. The molecule has 4 heteroatoms. The molecule has 1 unspecified atom stereocenters. The highest BCUT2D eigenvalue weighted by atomic mass is 19.1. The summed E-state index contributed by atoms with van der Waals surface area (Å²) in [6.45, 7) is 1.90. The molecule has 16 heavy (non-hydrogen) atoms. The van der Waals surface area contributed by atoms with Gasteiger partial charge in [-0.1, -0.05) is 12.1 Å². The number of carbonyl (C=O) groups excluding carboxylic acids is 1. The van der Waals surface area contributed by atoms with Gasteiger partial charge in [-0.15, -0.1) is 0 Å². The molecule has 1 rings (SSSR count). The Balaban J connectivity index is 2.49. The van der Waals surface area contributed by atoms with Gasteiger partial charge < -0.3 is 10.0 Å². The maximum absolute atomic E-state index is 12.9. The molecular formula is C12H16FNO2. The number of hydrogen-bond donors (Lipinski definition) is 1. The topological polar surface area (TPSA) is 40.5 Å². The Hall–Kier alpha value is -1.42. The number of halogens is 1. The van der Waals surface area contributed by atoms with Crippen LogP contribution in [0.2, 0.25) is 0 Å². The standard InChI is InChI=1S/C12H16FNO2/c1-9(15)12(16)14(2)7-6-10-4-3-5-11(13)8-10/h3-5,8-9,15H,6-7H2,1-2H3. The molecule has 0 aliphatic carbocycles. The van der Waals surface area contributed by atoms with Gasteiger partial charge in [0.1, 0.15) is 11.9 Å². The number of aliphatic hydroxyl groups excluding tert-OH is 1. The molecule has 0 saturated carbocycles. The lowest BCUT2D eigenvalue weighted by atomic mass is 10.1. The van der Waals surface area contributed by atoms with E-state index in [1.807, 2.05) is 6.07 Å². The van der Waals surface area contributed by atoms with E-state index in [2.05, 4.69) is 0 Å². The van der Waals surface area contributed by atoms with Gasteiger partial charge >= 0.3 is 0 Å². The lowest BCUT2D eigenvalue weighted by molar-refractivity contribution is -0.137. The van der Waals surface area contributed by atoms with Crippen molar-refractivity contribution in [1.82, 2.24) is 4.90 Å². The Morgan fingerprint density at radius 1 is 1.56 bits per heavy atom. The molecule has 1 atom stereocenters. The van der Waals surface area contributed by atoms with Crippen molar-refractivity contribution >= 4 is 5.91 Å². The first-order valence-electron chi connectivity index (χ1n) is 5.18. The highest BCUT2D eigenvalue weighted by Gasteiger charge is 2.13. The van der Waals surface area contributed by atoms with Gasteiger partial charge in [0.15, 0.2) is 0 Å². The summed E-state index contributed by atoms with van der Waals surface area (Å²) in [6, 6.07) is 6.28. The van der Waals surface area contributed by atoms with Crippen molar-refractivity contribution < 1.29 is 14.3 Å². The fraction of sp³-hybridized carbons (Fsp3) is 0.417. The molecule has 1 amide bonds. The third kappa shape index (κ3) is 3.62. The molecule has 1 N–H and O–H groups in total. The second kappa shape index (κ2) is 5.61. The van der Waals surface area contributed by atoms with Crippen LogP contribution in [-0.2, 0) is 11.2 Å². The Morgan fingerprint density at radius 2 is 2.25 bits per heavy atom. The van der Waals surface area contributed by atoms with Gasteiger partial charge in [-0.2, -0.15) is 0 Å². The third-order valence-corrected chi connectivity index (χ3v) is 2.36. The van der Waals surface area contributed by atoms with Crippen molar-refractivity contribution in [3.8, 4) is 0 Å². The number of rotatable bonds is 4. The zero-order valence-electron chi connectivity index (χ0n) is 9.48. The second-order valence-electron chi connectivity index (χ2n) is 3.82. The van der Waals surface area contributed by atoms with E-state index in [1.165, 1.54) is 24.0 Å². The van der Waals surface area contributed by atoms with Crippen molar-refractivity contribution in [2.24, 2.45) is 0 Å². The fourth-order valence-electron chi connectivity index (χ4n) is 1.42. The first-order valence-corrected chi connectivity index (χ1v) is 5.18. The first kappa shape index (κ1) is 12.6. The van der Waals surface area contributed by atoms with Gasteiger partial charge in [0.05, 0.1) is 0 Å². The van der Waals surface area contributed by atoms with Crippen LogP contribution in [0.15, 0.2) is 24.3 Å². The van der Waals surface area contributed by atoms with Crippen molar-refractivity contribution in [3.63, 3.8) is 0 Å². The predicted molar refractivity (Wildman–Crippen MR) is 59.4 cm³/mol. The summed E-state index contributed by atoms with van der Waals surface area (Å²) in [5.41, 5.74) is 0.838.